The molecule has 0 spiro atoms. The van der Waals surface area contributed by atoms with Crippen molar-refractivity contribution >= 4 is 5.78 Å². The van der Waals surface area contributed by atoms with Gasteiger partial charge in [-0.25, -0.2) is 0 Å². The molecule has 0 aromatic heterocycles. The summed E-state index contributed by atoms with van der Waals surface area (Å²) in [6.07, 6.45) is 0.967. The number of hydrogen-bond acceptors (Lipinski definition) is 4. The van der Waals surface area contributed by atoms with Crippen LogP contribution >= 0.6 is 0 Å². The first kappa shape index (κ1) is 17.5. The van der Waals surface area contributed by atoms with Gasteiger partial charge in [0.1, 0.15) is 11.5 Å². The zero-order valence-corrected chi connectivity index (χ0v) is 15.2. The van der Waals surface area contributed by atoms with Crippen LogP contribution in [0.25, 0.3) is 11.1 Å². The highest BCUT2D eigenvalue weighted by Gasteiger charge is 2.29. The quantitative estimate of drug-likeness (QED) is 0.581. The molecule has 0 radical (unpaired) electrons. The second-order valence-corrected chi connectivity index (χ2v) is 6.15. The van der Waals surface area contributed by atoms with E-state index in [2.05, 4.69) is 18.7 Å². The zero-order valence-electron chi connectivity index (χ0n) is 15.2. The molecule has 0 amide bonds. The molecule has 25 heavy (non-hydrogen) atoms. The van der Waals surface area contributed by atoms with Gasteiger partial charge < -0.3 is 14.4 Å². The van der Waals surface area contributed by atoms with Crippen molar-refractivity contribution in [3.8, 4) is 22.6 Å². The van der Waals surface area contributed by atoms with Gasteiger partial charge in [-0.05, 0) is 49.3 Å². The third-order valence-electron chi connectivity index (χ3n) is 4.78. The second kappa shape index (κ2) is 7.70. The van der Waals surface area contributed by atoms with Crippen LogP contribution < -0.4 is 9.47 Å². The van der Waals surface area contributed by atoms with Gasteiger partial charge in [-0.2, -0.15) is 0 Å². The predicted molar refractivity (Wildman–Crippen MR) is 99.8 cm³/mol. The highest BCUT2D eigenvalue weighted by molar-refractivity contribution is 6.22. The molecule has 2 aromatic rings. The average molecular weight is 339 g/mol. The second-order valence-electron chi connectivity index (χ2n) is 6.15. The van der Waals surface area contributed by atoms with Gasteiger partial charge in [-0.15, -0.1) is 0 Å². The summed E-state index contributed by atoms with van der Waals surface area (Å²) in [5.41, 5.74) is 3.24. The minimum atomic E-state index is 0.0393. The number of nitrogens with zero attached hydrogens (tertiary/aromatic N) is 1. The van der Waals surface area contributed by atoms with Crippen molar-refractivity contribution in [3.05, 3.63) is 47.5 Å². The molecule has 0 saturated heterocycles. The number of ether oxygens (including phenoxy) is 2. The van der Waals surface area contributed by atoms with Crippen LogP contribution in [-0.4, -0.2) is 44.0 Å². The normalized spacial score (nSPS) is 12.2. The highest BCUT2D eigenvalue weighted by atomic mass is 16.5. The summed E-state index contributed by atoms with van der Waals surface area (Å²) in [7, 11) is 1.61. The van der Waals surface area contributed by atoms with Gasteiger partial charge in [-0.1, -0.05) is 26.0 Å². The van der Waals surface area contributed by atoms with Gasteiger partial charge in [-0.3, -0.25) is 4.79 Å². The van der Waals surface area contributed by atoms with E-state index in [0.29, 0.717) is 23.5 Å². The van der Waals surface area contributed by atoms with Crippen molar-refractivity contribution in [1.29, 1.82) is 0 Å². The first-order valence-corrected chi connectivity index (χ1v) is 8.90. The lowest BCUT2D eigenvalue weighted by Gasteiger charge is -2.18. The van der Waals surface area contributed by atoms with Crippen molar-refractivity contribution in [2.24, 2.45) is 0 Å². The largest absolute Gasteiger partial charge is 0.497 e. The van der Waals surface area contributed by atoms with E-state index in [1.54, 1.807) is 7.11 Å². The summed E-state index contributed by atoms with van der Waals surface area (Å²) in [4.78, 5) is 15.1. The number of rotatable bonds is 8. The van der Waals surface area contributed by atoms with Crippen molar-refractivity contribution in [2.75, 3.05) is 33.4 Å². The minimum absolute atomic E-state index is 0.0393. The number of fused-ring (bicyclic) bond motifs is 3. The Bertz CT molecular complexity index is 766. The summed E-state index contributed by atoms with van der Waals surface area (Å²) in [6.45, 7) is 8.12. The number of carbonyl (C=O) groups is 1. The van der Waals surface area contributed by atoms with E-state index < -0.39 is 0 Å². The summed E-state index contributed by atoms with van der Waals surface area (Å²) >= 11 is 0. The number of benzene rings is 2. The van der Waals surface area contributed by atoms with E-state index >= 15 is 0 Å². The first-order chi connectivity index (χ1) is 12.2. The third-order valence-corrected chi connectivity index (χ3v) is 4.78. The van der Waals surface area contributed by atoms with Crippen LogP contribution in [0.3, 0.4) is 0 Å². The molecule has 1 aliphatic rings. The predicted octanol–water partition coefficient (Wildman–Crippen LogP) is 4.02. The van der Waals surface area contributed by atoms with E-state index in [4.69, 9.17) is 9.47 Å². The SMILES string of the molecule is CCN(CC)CCCOc1cccc2c1-c1ccc(OC)cc1C2=O. The molecule has 4 nitrogen and oxygen atoms in total. The van der Waals surface area contributed by atoms with Gasteiger partial charge in [0.15, 0.2) is 5.78 Å². The summed E-state index contributed by atoms with van der Waals surface area (Å²) in [5, 5.41) is 0. The molecule has 0 unspecified atom stereocenters. The maximum Gasteiger partial charge on any atom is 0.194 e. The van der Waals surface area contributed by atoms with Crippen LogP contribution in [0.4, 0.5) is 0 Å². The summed E-state index contributed by atoms with van der Waals surface area (Å²) in [6, 6.07) is 11.3. The molecule has 0 fully saturated rings. The number of hydrogen-bond donors (Lipinski definition) is 0. The maximum atomic E-state index is 12.7. The summed E-state index contributed by atoms with van der Waals surface area (Å²) < 4.78 is 11.3. The van der Waals surface area contributed by atoms with Crippen LogP contribution in [0.15, 0.2) is 36.4 Å². The molecular weight excluding hydrogens is 314 g/mol. The Morgan fingerprint density at radius 3 is 2.52 bits per heavy atom. The van der Waals surface area contributed by atoms with Crippen molar-refractivity contribution in [2.45, 2.75) is 20.3 Å². The Kier molecular flexibility index (Phi) is 5.39. The number of carbonyl (C=O) groups excluding carboxylic acids is 1. The lowest BCUT2D eigenvalue weighted by Crippen LogP contribution is -2.25. The molecular formula is C21H25NO3. The van der Waals surface area contributed by atoms with E-state index in [-0.39, 0.29) is 5.78 Å². The highest BCUT2D eigenvalue weighted by Crippen LogP contribution is 2.43. The van der Waals surface area contributed by atoms with Crippen LogP contribution in [0.5, 0.6) is 11.5 Å². The topological polar surface area (TPSA) is 38.8 Å². The fourth-order valence-electron chi connectivity index (χ4n) is 3.33. The van der Waals surface area contributed by atoms with Crippen molar-refractivity contribution in [1.82, 2.24) is 4.90 Å². The van der Waals surface area contributed by atoms with Gasteiger partial charge in [0, 0.05) is 23.2 Å². The molecule has 4 heteroatoms. The van der Waals surface area contributed by atoms with Crippen LogP contribution in [0, 0.1) is 0 Å². The van der Waals surface area contributed by atoms with Crippen LogP contribution in [-0.2, 0) is 0 Å². The fraction of sp³-hybridized carbons (Fsp3) is 0.381. The smallest absolute Gasteiger partial charge is 0.194 e. The molecule has 0 N–H and O–H groups in total. The zero-order chi connectivity index (χ0) is 17.8. The third kappa shape index (κ3) is 3.40. The molecule has 0 heterocycles. The molecule has 1 aliphatic carbocycles. The lowest BCUT2D eigenvalue weighted by atomic mass is 10.0. The first-order valence-electron chi connectivity index (χ1n) is 8.90. The Hall–Kier alpha value is -2.33. The van der Waals surface area contributed by atoms with Crippen LogP contribution in [0.1, 0.15) is 36.2 Å². The Morgan fingerprint density at radius 1 is 1.00 bits per heavy atom. The Balaban J connectivity index is 1.79. The number of methoxy groups -OCH3 is 1. The monoisotopic (exact) mass is 339 g/mol. The maximum absolute atomic E-state index is 12.7. The molecule has 0 atom stereocenters. The summed E-state index contributed by atoms with van der Waals surface area (Å²) in [5.74, 6) is 1.52. The molecule has 0 bridgehead atoms. The van der Waals surface area contributed by atoms with Crippen molar-refractivity contribution in [3.63, 3.8) is 0 Å². The van der Waals surface area contributed by atoms with E-state index in [0.717, 1.165) is 42.9 Å². The minimum Gasteiger partial charge on any atom is -0.497 e. The van der Waals surface area contributed by atoms with Gasteiger partial charge in [0.25, 0.3) is 0 Å². The van der Waals surface area contributed by atoms with E-state index in [1.165, 1.54) is 0 Å². The molecule has 2 aromatic carbocycles. The van der Waals surface area contributed by atoms with E-state index in [9.17, 15) is 4.79 Å². The average Bonchev–Trinajstić information content (AvgIpc) is 2.94. The van der Waals surface area contributed by atoms with Gasteiger partial charge >= 0.3 is 0 Å². The molecule has 0 saturated carbocycles. The molecule has 0 aliphatic heterocycles. The molecule has 3 rings (SSSR count). The Morgan fingerprint density at radius 2 is 1.80 bits per heavy atom. The lowest BCUT2D eigenvalue weighted by molar-refractivity contribution is 0.104. The van der Waals surface area contributed by atoms with Gasteiger partial charge in [0.05, 0.1) is 13.7 Å². The number of ketones is 1. The van der Waals surface area contributed by atoms with E-state index in [1.807, 2.05) is 36.4 Å². The fourth-order valence-corrected chi connectivity index (χ4v) is 3.33. The standard InChI is InChI=1S/C21H25NO3/c1-4-22(5-2)12-7-13-25-19-9-6-8-17-20(19)16-11-10-15(24-3)14-18(16)21(17)23/h6,8-11,14H,4-5,7,12-13H2,1-3H3. The molecule has 132 valence electrons. The van der Waals surface area contributed by atoms with Crippen LogP contribution in [0.2, 0.25) is 0 Å². The Labute approximate surface area is 149 Å². The van der Waals surface area contributed by atoms with Gasteiger partial charge in [0.2, 0.25) is 0 Å². The van der Waals surface area contributed by atoms with Crippen molar-refractivity contribution < 1.29 is 14.3 Å².